The zero-order valence-electron chi connectivity index (χ0n) is 10.2. The van der Waals surface area contributed by atoms with Gasteiger partial charge in [-0.05, 0) is 33.1 Å². The van der Waals surface area contributed by atoms with Crippen molar-refractivity contribution in [2.24, 2.45) is 0 Å². The van der Waals surface area contributed by atoms with Crippen LogP contribution in [-0.4, -0.2) is 42.2 Å². The molecule has 1 N–H and O–H groups in total. The Morgan fingerprint density at radius 3 is 2.53 bits per heavy atom. The number of halogens is 3. The fourth-order valence-electron chi connectivity index (χ4n) is 2.12. The molecule has 1 heterocycles. The molecule has 0 aromatic heterocycles. The molecule has 6 heteroatoms. The largest absolute Gasteiger partial charge is 0.406 e. The van der Waals surface area contributed by atoms with Crippen molar-refractivity contribution in [1.29, 1.82) is 0 Å². The van der Waals surface area contributed by atoms with Crippen molar-refractivity contribution in [2.75, 3.05) is 13.1 Å². The van der Waals surface area contributed by atoms with Crippen LogP contribution in [0.3, 0.4) is 0 Å². The molecule has 1 aliphatic rings. The van der Waals surface area contributed by atoms with E-state index in [9.17, 15) is 18.0 Å². The molecule has 2 atom stereocenters. The molecule has 17 heavy (non-hydrogen) atoms. The van der Waals surface area contributed by atoms with E-state index in [0.29, 0.717) is 6.42 Å². The predicted molar refractivity (Wildman–Crippen MR) is 58.5 cm³/mol. The highest BCUT2D eigenvalue weighted by Gasteiger charge is 2.35. The van der Waals surface area contributed by atoms with Crippen molar-refractivity contribution in [3.63, 3.8) is 0 Å². The van der Waals surface area contributed by atoms with Crippen molar-refractivity contribution in [3.05, 3.63) is 0 Å². The second kappa shape index (κ2) is 5.71. The number of hydrogen-bond acceptors (Lipinski definition) is 2. The van der Waals surface area contributed by atoms with Crippen molar-refractivity contribution >= 4 is 5.91 Å². The number of hydrogen-bond donors (Lipinski definition) is 1. The molecule has 0 radical (unpaired) electrons. The van der Waals surface area contributed by atoms with Gasteiger partial charge in [0.25, 0.3) is 0 Å². The number of carbonyl (C=O) groups excluding carboxylic acids is 1. The lowest BCUT2D eigenvalue weighted by Crippen LogP contribution is -2.53. The van der Waals surface area contributed by atoms with Crippen LogP contribution < -0.4 is 5.32 Å². The molecule has 100 valence electrons. The normalized spacial score (nSPS) is 25.7. The third-order valence-corrected chi connectivity index (χ3v) is 2.98. The number of amides is 1. The average molecular weight is 252 g/mol. The van der Waals surface area contributed by atoms with Crippen molar-refractivity contribution < 1.29 is 18.0 Å². The lowest BCUT2D eigenvalue weighted by atomic mass is 9.98. The van der Waals surface area contributed by atoms with Gasteiger partial charge in [0.1, 0.15) is 6.54 Å². The van der Waals surface area contributed by atoms with Crippen LogP contribution in [0.2, 0.25) is 0 Å². The van der Waals surface area contributed by atoms with Crippen molar-refractivity contribution in [2.45, 2.75) is 51.4 Å². The Bertz CT molecular complexity index is 268. The topological polar surface area (TPSA) is 32.3 Å². The maximum atomic E-state index is 12.3. The van der Waals surface area contributed by atoms with E-state index < -0.39 is 24.7 Å². The number of nitrogens with one attached hydrogen (secondary N) is 1. The summed E-state index contributed by atoms with van der Waals surface area (Å²) in [6, 6.07) is -0.261. The number of likely N-dealkylation sites (N-methyl/N-ethyl adjacent to an activating group) is 1. The maximum absolute atomic E-state index is 12.3. The molecule has 0 aromatic rings. The molecule has 1 saturated heterocycles. The standard InChI is InChI=1S/C11H19F3N2O/c1-3-16(7-11(12,13)14)10(17)9-6-4-5-8(2)15-9/h8-9,15H,3-7H2,1-2H3. The van der Waals surface area contributed by atoms with E-state index in [4.69, 9.17) is 0 Å². The van der Waals surface area contributed by atoms with E-state index in [0.717, 1.165) is 17.7 Å². The molecular formula is C11H19F3N2O. The summed E-state index contributed by atoms with van der Waals surface area (Å²) in [4.78, 5) is 12.8. The van der Waals surface area contributed by atoms with Gasteiger partial charge in [0.05, 0.1) is 6.04 Å². The van der Waals surface area contributed by atoms with E-state index in [1.807, 2.05) is 6.92 Å². The second-order valence-corrected chi connectivity index (χ2v) is 4.52. The highest BCUT2D eigenvalue weighted by molar-refractivity contribution is 5.82. The van der Waals surface area contributed by atoms with Crippen LogP contribution in [0.25, 0.3) is 0 Å². The molecule has 3 nitrogen and oxygen atoms in total. The highest BCUT2D eigenvalue weighted by Crippen LogP contribution is 2.19. The van der Waals surface area contributed by atoms with E-state index in [-0.39, 0.29) is 12.6 Å². The maximum Gasteiger partial charge on any atom is 0.406 e. The van der Waals surface area contributed by atoms with Crippen molar-refractivity contribution in [1.82, 2.24) is 10.2 Å². The molecule has 0 bridgehead atoms. The molecule has 1 amide bonds. The van der Waals surface area contributed by atoms with Crippen LogP contribution in [0, 0.1) is 0 Å². The van der Waals surface area contributed by atoms with E-state index in [1.54, 1.807) is 6.92 Å². The van der Waals surface area contributed by atoms with Crippen LogP contribution in [-0.2, 0) is 4.79 Å². The number of piperidine rings is 1. The molecule has 1 fully saturated rings. The first-order valence-electron chi connectivity index (χ1n) is 5.95. The number of carbonyl (C=O) groups is 1. The quantitative estimate of drug-likeness (QED) is 0.832. The Morgan fingerprint density at radius 2 is 2.06 bits per heavy atom. The summed E-state index contributed by atoms with van der Waals surface area (Å²) in [5.74, 6) is -0.434. The van der Waals surface area contributed by atoms with E-state index in [1.165, 1.54) is 0 Å². The molecule has 0 saturated carbocycles. The minimum absolute atomic E-state index is 0.0882. The Balaban J connectivity index is 2.59. The monoisotopic (exact) mass is 252 g/mol. The van der Waals surface area contributed by atoms with Gasteiger partial charge in [0.15, 0.2) is 0 Å². The predicted octanol–water partition coefficient (Wildman–Crippen LogP) is 1.93. The summed E-state index contributed by atoms with van der Waals surface area (Å²) in [6.45, 7) is 2.44. The van der Waals surface area contributed by atoms with Crippen LogP contribution in [0.15, 0.2) is 0 Å². The molecule has 0 aromatic carbocycles. The number of rotatable bonds is 3. The molecule has 1 aliphatic heterocycles. The summed E-state index contributed by atoms with van der Waals surface area (Å²) >= 11 is 0. The first-order chi connectivity index (χ1) is 7.83. The zero-order chi connectivity index (χ0) is 13.1. The Morgan fingerprint density at radius 1 is 1.41 bits per heavy atom. The molecular weight excluding hydrogens is 233 g/mol. The van der Waals surface area contributed by atoms with E-state index >= 15 is 0 Å². The van der Waals surface area contributed by atoms with Gasteiger partial charge in [-0.3, -0.25) is 4.79 Å². The van der Waals surface area contributed by atoms with Gasteiger partial charge in [0, 0.05) is 12.6 Å². The molecule has 0 spiro atoms. The summed E-state index contributed by atoms with van der Waals surface area (Å²) < 4.78 is 36.8. The van der Waals surface area contributed by atoms with Gasteiger partial charge < -0.3 is 10.2 Å². The Kier molecular flexibility index (Phi) is 4.80. The second-order valence-electron chi connectivity index (χ2n) is 4.52. The minimum atomic E-state index is -4.33. The zero-order valence-corrected chi connectivity index (χ0v) is 10.2. The van der Waals surface area contributed by atoms with Gasteiger partial charge in [-0.2, -0.15) is 13.2 Å². The van der Waals surface area contributed by atoms with Gasteiger partial charge in [-0.1, -0.05) is 0 Å². The third kappa shape index (κ3) is 4.53. The molecule has 0 aliphatic carbocycles. The summed E-state index contributed by atoms with van der Waals surface area (Å²) in [6.07, 6.45) is -1.85. The third-order valence-electron chi connectivity index (χ3n) is 2.98. The first-order valence-corrected chi connectivity index (χ1v) is 5.95. The van der Waals surface area contributed by atoms with Gasteiger partial charge in [0.2, 0.25) is 5.91 Å². The summed E-state index contributed by atoms with van der Waals surface area (Å²) in [5.41, 5.74) is 0. The minimum Gasteiger partial charge on any atom is -0.333 e. The first kappa shape index (κ1) is 14.3. The SMILES string of the molecule is CCN(CC(F)(F)F)C(=O)C1CCCC(C)N1. The van der Waals surface area contributed by atoms with Gasteiger partial charge >= 0.3 is 6.18 Å². The van der Waals surface area contributed by atoms with Crippen LogP contribution in [0.4, 0.5) is 13.2 Å². The molecule has 2 unspecified atom stereocenters. The summed E-state index contributed by atoms with van der Waals surface area (Å²) in [7, 11) is 0. The number of alkyl halides is 3. The van der Waals surface area contributed by atoms with Crippen molar-refractivity contribution in [3.8, 4) is 0 Å². The molecule has 1 rings (SSSR count). The van der Waals surface area contributed by atoms with Crippen LogP contribution in [0.5, 0.6) is 0 Å². The van der Waals surface area contributed by atoms with E-state index in [2.05, 4.69) is 5.32 Å². The fraction of sp³-hybridized carbons (Fsp3) is 0.909. The Labute approximate surface area is 99.4 Å². The van der Waals surface area contributed by atoms with Gasteiger partial charge in [-0.25, -0.2) is 0 Å². The Hall–Kier alpha value is -0.780. The summed E-state index contributed by atoms with van der Waals surface area (Å²) in [5, 5.41) is 3.06. The average Bonchev–Trinajstić information content (AvgIpc) is 2.23. The van der Waals surface area contributed by atoms with Crippen LogP contribution in [0.1, 0.15) is 33.1 Å². The van der Waals surface area contributed by atoms with Gasteiger partial charge in [-0.15, -0.1) is 0 Å². The lowest BCUT2D eigenvalue weighted by Gasteiger charge is -2.32. The highest BCUT2D eigenvalue weighted by atomic mass is 19.4. The number of nitrogens with zero attached hydrogens (tertiary/aromatic N) is 1. The fourth-order valence-corrected chi connectivity index (χ4v) is 2.12. The lowest BCUT2D eigenvalue weighted by molar-refractivity contribution is -0.162. The smallest absolute Gasteiger partial charge is 0.333 e. The van der Waals surface area contributed by atoms with Crippen LogP contribution >= 0.6 is 0 Å².